The van der Waals surface area contributed by atoms with Gasteiger partial charge >= 0.3 is 6.09 Å². The molecule has 0 saturated carbocycles. The van der Waals surface area contributed by atoms with Gasteiger partial charge in [0, 0.05) is 27.2 Å². The largest absolute Gasteiger partial charge is 0.444 e. The zero-order valence-electron chi connectivity index (χ0n) is 10.1. The maximum absolute atomic E-state index is 11.2. The topological polar surface area (TPSA) is 56.8 Å². The van der Waals surface area contributed by atoms with Gasteiger partial charge in [-0.1, -0.05) is 0 Å². The predicted octanol–water partition coefficient (Wildman–Crippen LogP) is 1.52. The molecule has 0 spiro atoms. The van der Waals surface area contributed by atoms with E-state index in [1.165, 1.54) is 0 Å². The van der Waals surface area contributed by atoms with Crippen LogP contribution in [-0.2, 0) is 14.2 Å². The minimum Gasteiger partial charge on any atom is -0.444 e. The van der Waals surface area contributed by atoms with Gasteiger partial charge in [-0.2, -0.15) is 0 Å². The van der Waals surface area contributed by atoms with E-state index < -0.39 is 11.7 Å². The summed E-state index contributed by atoms with van der Waals surface area (Å²) in [6.45, 7) is 5.92. The maximum Gasteiger partial charge on any atom is 0.407 e. The number of carbonyl (C=O) groups excluding carboxylic acids is 1. The second-order valence-electron chi connectivity index (χ2n) is 4.12. The van der Waals surface area contributed by atoms with Crippen LogP contribution in [0.5, 0.6) is 0 Å². The van der Waals surface area contributed by atoms with Crippen molar-refractivity contribution in [2.45, 2.75) is 39.1 Å². The van der Waals surface area contributed by atoms with Gasteiger partial charge in [0.1, 0.15) is 5.60 Å². The smallest absolute Gasteiger partial charge is 0.407 e. The Labute approximate surface area is 91.1 Å². The quantitative estimate of drug-likeness (QED) is 0.712. The molecule has 0 aliphatic rings. The van der Waals surface area contributed by atoms with Gasteiger partial charge in [-0.3, -0.25) is 0 Å². The van der Waals surface area contributed by atoms with Gasteiger partial charge in [-0.15, -0.1) is 0 Å². The summed E-state index contributed by atoms with van der Waals surface area (Å²) < 4.78 is 15.0. The number of carbonyl (C=O) groups is 1. The molecule has 0 bridgehead atoms. The molecule has 0 aliphatic heterocycles. The first kappa shape index (κ1) is 14.2. The minimum absolute atomic E-state index is 0.292. The molecule has 0 aliphatic carbocycles. The number of amides is 1. The van der Waals surface area contributed by atoms with E-state index in [4.69, 9.17) is 14.2 Å². The Morgan fingerprint density at radius 1 is 1.27 bits per heavy atom. The van der Waals surface area contributed by atoms with Crippen LogP contribution in [0.25, 0.3) is 0 Å². The molecule has 0 atom stereocenters. The number of nitrogens with one attached hydrogen (secondary N) is 1. The van der Waals surface area contributed by atoms with E-state index in [-0.39, 0.29) is 6.29 Å². The first-order chi connectivity index (χ1) is 6.89. The molecule has 0 aromatic heterocycles. The van der Waals surface area contributed by atoms with Crippen molar-refractivity contribution in [2.24, 2.45) is 0 Å². The lowest BCUT2D eigenvalue weighted by Crippen LogP contribution is -2.34. The van der Waals surface area contributed by atoms with Crippen LogP contribution >= 0.6 is 0 Å². The standard InChI is InChI=1S/C10H21NO4/c1-10(2,3)15-9(12)11-7-6-8(13-4)14-5/h8H,6-7H2,1-5H3,(H,11,12). The number of ether oxygens (including phenoxy) is 3. The van der Waals surface area contributed by atoms with Crippen molar-refractivity contribution in [1.82, 2.24) is 5.32 Å². The molecule has 1 N–H and O–H groups in total. The van der Waals surface area contributed by atoms with E-state index in [0.717, 1.165) is 0 Å². The molecule has 0 aromatic rings. The van der Waals surface area contributed by atoms with Gasteiger partial charge < -0.3 is 19.5 Å². The Morgan fingerprint density at radius 3 is 2.20 bits per heavy atom. The van der Waals surface area contributed by atoms with Crippen molar-refractivity contribution in [1.29, 1.82) is 0 Å². The number of alkyl carbamates (subject to hydrolysis) is 1. The Bertz CT molecular complexity index is 184. The summed E-state index contributed by atoms with van der Waals surface area (Å²) >= 11 is 0. The predicted molar refractivity (Wildman–Crippen MR) is 56.7 cm³/mol. The van der Waals surface area contributed by atoms with Gasteiger partial charge in [0.2, 0.25) is 0 Å². The summed E-state index contributed by atoms with van der Waals surface area (Å²) in [5.41, 5.74) is -0.466. The normalized spacial score (nSPS) is 11.6. The van der Waals surface area contributed by atoms with Crippen molar-refractivity contribution < 1.29 is 19.0 Å². The van der Waals surface area contributed by atoms with Crippen molar-refractivity contribution in [3.63, 3.8) is 0 Å². The summed E-state index contributed by atoms with van der Waals surface area (Å²) in [6, 6.07) is 0. The number of hydrogen-bond donors (Lipinski definition) is 1. The third-order valence-electron chi connectivity index (χ3n) is 1.57. The highest BCUT2D eigenvalue weighted by molar-refractivity contribution is 5.67. The first-order valence-corrected chi connectivity index (χ1v) is 4.91. The molecule has 0 fully saturated rings. The van der Waals surface area contributed by atoms with E-state index in [1.807, 2.05) is 20.8 Å². The summed E-state index contributed by atoms with van der Waals surface area (Å²) in [6.07, 6.45) is -0.125. The fourth-order valence-corrected chi connectivity index (χ4v) is 0.938. The van der Waals surface area contributed by atoms with Crippen molar-refractivity contribution in [3.8, 4) is 0 Å². The van der Waals surface area contributed by atoms with E-state index in [0.29, 0.717) is 13.0 Å². The molecule has 0 heterocycles. The average Bonchev–Trinajstić information content (AvgIpc) is 2.09. The molecule has 90 valence electrons. The summed E-state index contributed by atoms with van der Waals surface area (Å²) in [5.74, 6) is 0. The second-order valence-corrected chi connectivity index (χ2v) is 4.12. The Balaban J connectivity index is 3.64. The average molecular weight is 219 g/mol. The summed E-state index contributed by atoms with van der Waals surface area (Å²) in [7, 11) is 3.11. The number of rotatable bonds is 5. The maximum atomic E-state index is 11.2. The monoisotopic (exact) mass is 219 g/mol. The van der Waals surface area contributed by atoms with Crippen LogP contribution in [0, 0.1) is 0 Å². The van der Waals surface area contributed by atoms with Gasteiger partial charge in [0.05, 0.1) is 0 Å². The molecule has 15 heavy (non-hydrogen) atoms. The summed E-state index contributed by atoms with van der Waals surface area (Å²) in [5, 5.41) is 2.62. The van der Waals surface area contributed by atoms with Crippen LogP contribution < -0.4 is 5.32 Å². The zero-order valence-corrected chi connectivity index (χ0v) is 10.1. The van der Waals surface area contributed by atoms with Crippen LogP contribution in [0.1, 0.15) is 27.2 Å². The van der Waals surface area contributed by atoms with Crippen LogP contribution in [0.3, 0.4) is 0 Å². The highest BCUT2D eigenvalue weighted by atomic mass is 16.7. The number of methoxy groups -OCH3 is 2. The molecule has 0 rings (SSSR count). The van der Waals surface area contributed by atoms with Crippen LogP contribution in [-0.4, -0.2) is 38.7 Å². The van der Waals surface area contributed by atoms with E-state index >= 15 is 0 Å². The Hall–Kier alpha value is -0.810. The fraction of sp³-hybridized carbons (Fsp3) is 0.900. The summed E-state index contributed by atoms with van der Waals surface area (Å²) in [4.78, 5) is 11.2. The van der Waals surface area contributed by atoms with Gasteiger partial charge in [0.15, 0.2) is 6.29 Å². The SMILES string of the molecule is COC(CCNC(=O)OC(C)(C)C)OC. The molecule has 1 amide bonds. The molecule has 0 unspecified atom stereocenters. The van der Waals surface area contributed by atoms with Crippen molar-refractivity contribution >= 4 is 6.09 Å². The molecule has 5 heteroatoms. The second kappa shape index (κ2) is 6.63. The molecule has 5 nitrogen and oxygen atoms in total. The number of hydrogen-bond acceptors (Lipinski definition) is 4. The third kappa shape index (κ3) is 8.20. The molecular formula is C10H21NO4. The van der Waals surface area contributed by atoms with E-state index in [1.54, 1.807) is 14.2 Å². The Kier molecular flexibility index (Phi) is 6.27. The highest BCUT2D eigenvalue weighted by Crippen LogP contribution is 2.06. The van der Waals surface area contributed by atoms with Crippen LogP contribution in [0.4, 0.5) is 4.79 Å². The van der Waals surface area contributed by atoms with E-state index in [2.05, 4.69) is 5.32 Å². The molecular weight excluding hydrogens is 198 g/mol. The van der Waals surface area contributed by atoms with Crippen LogP contribution in [0.2, 0.25) is 0 Å². The lowest BCUT2D eigenvalue weighted by molar-refractivity contribution is -0.105. The van der Waals surface area contributed by atoms with Crippen LogP contribution in [0.15, 0.2) is 0 Å². The lowest BCUT2D eigenvalue weighted by Gasteiger charge is -2.20. The van der Waals surface area contributed by atoms with E-state index in [9.17, 15) is 4.79 Å². The first-order valence-electron chi connectivity index (χ1n) is 4.91. The highest BCUT2D eigenvalue weighted by Gasteiger charge is 2.15. The third-order valence-corrected chi connectivity index (χ3v) is 1.57. The molecule has 0 aromatic carbocycles. The zero-order chi connectivity index (χ0) is 11.9. The molecule has 0 radical (unpaired) electrons. The van der Waals surface area contributed by atoms with Crippen molar-refractivity contribution in [3.05, 3.63) is 0 Å². The van der Waals surface area contributed by atoms with Gasteiger partial charge in [0.25, 0.3) is 0 Å². The van der Waals surface area contributed by atoms with Gasteiger partial charge in [-0.05, 0) is 20.8 Å². The lowest BCUT2D eigenvalue weighted by atomic mass is 10.2. The molecule has 0 saturated heterocycles. The minimum atomic E-state index is -0.466. The van der Waals surface area contributed by atoms with Crippen molar-refractivity contribution in [2.75, 3.05) is 20.8 Å². The Morgan fingerprint density at radius 2 is 1.80 bits per heavy atom. The van der Waals surface area contributed by atoms with Gasteiger partial charge in [-0.25, -0.2) is 4.79 Å². The fourth-order valence-electron chi connectivity index (χ4n) is 0.938.